The van der Waals surface area contributed by atoms with E-state index in [9.17, 15) is 9.59 Å². The van der Waals surface area contributed by atoms with Crippen LogP contribution in [-0.4, -0.2) is 41.2 Å². The van der Waals surface area contributed by atoms with Crippen LogP contribution in [0.5, 0.6) is 0 Å². The third-order valence-corrected chi connectivity index (χ3v) is 4.18. The van der Waals surface area contributed by atoms with Crippen molar-refractivity contribution in [3.63, 3.8) is 0 Å². The smallest absolute Gasteiger partial charge is 0.254 e. The average Bonchev–Trinajstić information content (AvgIpc) is 2.67. The van der Waals surface area contributed by atoms with Gasteiger partial charge in [0.2, 0.25) is 5.91 Å². The maximum absolute atomic E-state index is 12.3. The number of fused-ring (bicyclic) bond motifs is 1. The highest BCUT2D eigenvalue weighted by Gasteiger charge is 2.29. The van der Waals surface area contributed by atoms with Gasteiger partial charge in [-0.3, -0.25) is 9.59 Å². The standard InChI is InChI=1S/C16H20N2O2/c19-15(17-9-5-1-2-6-10-17)12-18-11-13-7-3-4-8-14(13)16(18)20/h3-4,7-8H,1-2,5-6,9-12H2. The van der Waals surface area contributed by atoms with Gasteiger partial charge in [-0.05, 0) is 24.5 Å². The Kier molecular flexibility index (Phi) is 3.72. The van der Waals surface area contributed by atoms with Crippen molar-refractivity contribution in [3.05, 3.63) is 35.4 Å². The van der Waals surface area contributed by atoms with Crippen LogP contribution in [-0.2, 0) is 11.3 Å². The fraction of sp³-hybridized carbons (Fsp3) is 0.500. The Labute approximate surface area is 119 Å². The molecule has 106 valence electrons. The summed E-state index contributed by atoms with van der Waals surface area (Å²) in [6.45, 7) is 2.46. The van der Waals surface area contributed by atoms with Gasteiger partial charge in [-0.2, -0.15) is 0 Å². The Morgan fingerprint density at radius 1 is 1.05 bits per heavy atom. The summed E-state index contributed by atoms with van der Waals surface area (Å²) in [6, 6.07) is 7.61. The van der Waals surface area contributed by atoms with Gasteiger partial charge in [0.1, 0.15) is 6.54 Å². The second kappa shape index (κ2) is 5.65. The molecule has 3 rings (SSSR count). The third-order valence-electron chi connectivity index (χ3n) is 4.18. The van der Waals surface area contributed by atoms with Crippen molar-refractivity contribution < 1.29 is 9.59 Å². The number of carbonyl (C=O) groups is 2. The van der Waals surface area contributed by atoms with E-state index in [1.54, 1.807) is 4.90 Å². The third kappa shape index (κ3) is 2.55. The van der Waals surface area contributed by atoms with E-state index in [1.165, 1.54) is 12.8 Å². The van der Waals surface area contributed by atoms with Gasteiger partial charge >= 0.3 is 0 Å². The number of likely N-dealkylation sites (tertiary alicyclic amines) is 1. The highest BCUT2D eigenvalue weighted by atomic mass is 16.2. The topological polar surface area (TPSA) is 40.6 Å². The predicted octanol–water partition coefficient (Wildman–Crippen LogP) is 2.04. The Morgan fingerprint density at radius 2 is 1.75 bits per heavy atom. The molecule has 4 heteroatoms. The molecule has 0 spiro atoms. The predicted molar refractivity (Wildman–Crippen MR) is 76.2 cm³/mol. The van der Waals surface area contributed by atoms with E-state index in [-0.39, 0.29) is 18.4 Å². The highest BCUT2D eigenvalue weighted by Crippen LogP contribution is 2.22. The van der Waals surface area contributed by atoms with E-state index in [1.807, 2.05) is 29.2 Å². The summed E-state index contributed by atoms with van der Waals surface area (Å²) in [7, 11) is 0. The minimum atomic E-state index is -0.0104. The quantitative estimate of drug-likeness (QED) is 0.826. The lowest BCUT2D eigenvalue weighted by molar-refractivity contribution is -0.131. The number of nitrogens with zero attached hydrogens (tertiary/aromatic N) is 2. The number of benzene rings is 1. The van der Waals surface area contributed by atoms with Crippen LogP contribution in [0.4, 0.5) is 0 Å². The van der Waals surface area contributed by atoms with Gasteiger partial charge in [0.15, 0.2) is 0 Å². The molecular formula is C16H20N2O2. The van der Waals surface area contributed by atoms with Crippen LogP contribution in [0.15, 0.2) is 24.3 Å². The van der Waals surface area contributed by atoms with Gasteiger partial charge in [0.05, 0.1) is 0 Å². The Morgan fingerprint density at radius 3 is 2.45 bits per heavy atom. The van der Waals surface area contributed by atoms with Crippen LogP contribution < -0.4 is 0 Å². The van der Waals surface area contributed by atoms with Gasteiger partial charge in [0.25, 0.3) is 5.91 Å². The molecule has 20 heavy (non-hydrogen) atoms. The van der Waals surface area contributed by atoms with Gasteiger partial charge < -0.3 is 9.80 Å². The maximum Gasteiger partial charge on any atom is 0.254 e. The summed E-state index contributed by atoms with van der Waals surface area (Å²) in [6.07, 6.45) is 4.58. The second-order valence-electron chi connectivity index (χ2n) is 5.61. The zero-order chi connectivity index (χ0) is 13.9. The maximum atomic E-state index is 12.3. The van der Waals surface area contributed by atoms with Crippen molar-refractivity contribution in [1.82, 2.24) is 9.80 Å². The van der Waals surface area contributed by atoms with E-state index < -0.39 is 0 Å². The van der Waals surface area contributed by atoms with Crippen LogP contribution >= 0.6 is 0 Å². The van der Waals surface area contributed by atoms with Crippen LogP contribution in [0.25, 0.3) is 0 Å². The molecule has 2 aliphatic rings. The van der Waals surface area contributed by atoms with Gasteiger partial charge in [-0.25, -0.2) is 0 Å². The molecule has 0 bridgehead atoms. The average molecular weight is 272 g/mol. The van der Waals surface area contributed by atoms with E-state index in [4.69, 9.17) is 0 Å². The molecule has 1 aromatic carbocycles. The van der Waals surface area contributed by atoms with Gasteiger partial charge in [-0.15, -0.1) is 0 Å². The molecule has 0 radical (unpaired) electrons. The Balaban J connectivity index is 1.64. The van der Waals surface area contributed by atoms with Crippen LogP contribution in [0.2, 0.25) is 0 Å². The summed E-state index contributed by atoms with van der Waals surface area (Å²) < 4.78 is 0. The molecule has 0 atom stereocenters. The SMILES string of the molecule is O=C(CN1Cc2ccccc2C1=O)N1CCCCCC1. The lowest BCUT2D eigenvalue weighted by Crippen LogP contribution is -2.40. The number of hydrogen-bond acceptors (Lipinski definition) is 2. The van der Waals surface area contributed by atoms with Crippen molar-refractivity contribution in [3.8, 4) is 0 Å². The lowest BCUT2D eigenvalue weighted by atomic mass is 10.1. The van der Waals surface area contributed by atoms with E-state index >= 15 is 0 Å². The molecule has 0 saturated carbocycles. The molecule has 0 aromatic heterocycles. The first kappa shape index (κ1) is 13.2. The molecule has 1 fully saturated rings. The van der Waals surface area contributed by atoms with E-state index in [0.717, 1.165) is 37.1 Å². The summed E-state index contributed by atoms with van der Waals surface area (Å²) in [4.78, 5) is 28.2. The number of hydrogen-bond donors (Lipinski definition) is 0. The normalized spacial score (nSPS) is 18.9. The molecular weight excluding hydrogens is 252 g/mol. The van der Waals surface area contributed by atoms with Gasteiger partial charge in [0, 0.05) is 25.2 Å². The summed E-state index contributed by atoms with van der Waals surface area (Å²) in [5, 5.41) is 0. The highest BCUT2D eigenvalue weighted by molar-refractivity contribution is 6.00. The minimum absolute atomic E-state index is 0.0104. The van der Waals surface area contributed by atoms with Crippen molar-refractivity contribution in [1.29, 1.82) is 0 Å². The zero-order valence-corrected chi connectivity index (χ0v) is 11.7. The number of carbonyl (C=O) groups excluding carboxylic acids is 2. The van der Waals surface area contributed by atoms with E-state index in [0.29, 0.717) is 6.54 Å². The van der Waals surface area contributed by atoms with Crippen LogP contribution in [0, 0.1) is 0 Å². The molecule has 2 heterocycles. The fourth-order valence-corrected chi connectivity index (χ4v) is 3.03. The zero-order valence-electron chi connectivity index (χ0n) is 11.7. The van der Waals surface area contributed by atoms with E-state index in [2.05, 4.69) is 0 Å². The van der Waals surface area contributed by atoms with Crippen molar-refractivity contribution in [2.45, 2.75) is 32.2 Å². The summed E-state index contributed by atoms with van der Waals surface area (Å²) >= 11 is 0. The van der Waals surface area contributed by atoms with Crippen molar-refractivity contribution >= 4 is 11.8 Å². The molecule has 2 aliphatic heterocycles. The van der Waals surface area contributed by atoms with Crippen molar-refractivity contribution in [2.75, 3.05) is 19.6 Å². The Bertz CT molecular complexity index is 519. The molecule has 1 saturated heterocycles. The lowest BCUT2D eigenvalue weighted by Gasteiger charge is -2.23. The fourth-order valence-electron chi connectivity index (χ4n) is 3.03. The molecule has 1 aromatic rings. The minimum Gasteiger partial charge on any atom is -0.341 e. The molecule has 0 aliphatic carbocycles. The first-order valence-corrected chi connectivity index (χ1v) is 7.40. The van der Waals surface area contributed by atoms with Crippen LogP contribution in [0.3, 0.4) is 0 Å². The van der Waals surface area contributed by atoms with Gasteiger partial charge in [-0.1, -0.05) is 31.0 Å². The molecule has 0 N–H and O–H groups in total. The summed E-state index contributed by atoms with van der Waals surface area (Å²) in [5.41, 5.74) is 1.78. The molecule has 2 amide bonds. The monoisotopic (exact) mass is 272 g/mol. The van der Waals surface area contributed by atoms with Crippen LogP contribution in [0.1, 0.15) is 41.6 Å². The second-order valence-corrected chi connectivity index (χ2v) is 5.61. The Hall–Kier alpha value is -1.84. The first-order valence-electron chi connectivity index (χ1n) is 7.40. The number of amides is 2. The molecule has 0 unspecified atom stereocenters. The largest absolute Gasteiger partial charge is 0.341 e. The first-order chi connectivity index (χ1) is 9.75. The number of rotatable bonds is 2. The molecule has 4 nitrogen and oxygen atoms in total. The summed E-state index contributed by atoms with van der Waals surface area (Å²) in [5.74, 6) is 0.0804. The van der Waals surface area contributed by atoms with Crippen molar-refractivity contribution in [2.24, 2.45) is 0 Å².